The first-order valence-electron chi connectivity index (χ1n) is 9.15. The average molecular weight is 518 g/mol. The van der Waals surface area contributed by atoms with Crippen LogP contribution in [0, 0.1) is 0 Å². The van der Waals surface area contributed by atoms with Crippen molar-refractivity contribution in [2.45, 2.75) is 32.2 Å². The largest absolute Gasteiger partial charge is 0.355 e. The highest BCUT2D eigenvalue weighted by molar-refractivity contribution is 9.10. The third-order valence-electron chi connectivity index (χ3n) is 4.29. The van der Waals surface area contributed by atoms with E-state index in [4.69, 9.17) is 23.2 Å². The number of hydrogen-bond acceptors (Lipinski definition) is 3. The molecule has 1 N–H and O–H groups in total. The zero-order valence-corrected chi connectivity index (χ0v) is 20.2. The van der Waals surface area contributed by atoms with Gasteiger partial charge in [-0.3, -0.25) is 9.59 Å². The van der Waals surface area contributed by atoms with Gasteiger partial charge in [0.05, 0.1) is 5.75 Å². The Balaban J connectivity index is 2.10. The van der Waals surface area contributed by atoms with Crippen molar-refractivity contribution in [3.8, 4) is 0 Å². The predicted octanol–water partition coefficient (Wildman–Crippen LogP) is 5.54. The van der Waals surface area contributed by atoms with Crippen LogP contribution < -0.4 is 5.32 Å². The highest BCUT2D eigenvalue weighted by Crippen LogP contribution is 2.28. The Morgan fingerprint density at radius 3 is 2.45 bits per heavy atom. The van der Waals surface area contributed by atoms with Crippen LogP contribution in [-0.4, -0.2) is 35.1 Å². The molecule has 0 aromatic heterocycles. The summed E-state index contributed by atoms with van der Waals surface area (Å²) in [6, 6.07) is 12.5. The zero-order chi connectivity index (χ0) is 21.4. The molecule has 1 atom stereocenters. The van der Waals surface area contributed by atoms with E-state index in [-0.39, 0.29) is 17.6 Å². The topological polar surface area (TPSA) is 49.4 Å². The minimum atomic E-state index is -0.578. The normalized spacial score (nSPS) is 11.8. The Morgan fingerprint density at radius 2 is 1.83 bits per heavy atom. The molecule has 0 aliphatic carbocycles. The molecule has 29 heavy (non-hydrogen) atoms. The molecule has 2 aromatic carbocycles. The molecular weight excluding hydrogens is 495 g/mol. The second-order valence-corrected chi connectivity index (χ2v) is 9.13. The molecular formula is C21H23BrCl2N2O2S. The lowest BCUT2D eigenvalue weighted by molar-refractivity contribution is -0.138. The number of carbonyl (C=O) groups excluding carboxylic acids is 2. The summed E-state index contributed by atoms with van der Waals surface area (Å²) in [5.41, 5.74) is 1.76. The number of rotatable bonds is 9. The van der Waals surface area contributed by atoms with Gasteiger partial charge in [0, 0.05) is 33.4 Å². The molecule has 0 bridgehead atoms. The zero-order valence-electron chi connectivity index (χ0n) is 16.3. The van der Waals surface area contributed by atoms with Crippen LogP contribution in [0.5, 0.6) is 0 Å². The van der Waals surface area contributed by atoms with E-state index < -0.39 is 6.04 Å². The van der Waals surface area contributed by atoms with Crippen LogP contribution in [0.4, 0.5) is 0 Å². The number of halogens is 3. The number of likely N-dealkylation sites (N-methyl/N-ethyl adjacent to an activating group) is 1. The molecule has 2 aromatic rings. The number of nitrogens with zero attached hydrogens (tertiary/aromatic N) is 1. The van der Waals surface area contributed by atoms with Crippen molar-refractivity contribution in [2.75, 3.05) is 12.3 Å². The maximum atomic E-state index is 13.0. The third kappa shape index (κ3) is 7.21. The van der Waals surface area contributed by atoms with Crippen molar-refractivity contribution in [2.24, 2.45) is 0 Å². The first kappa shape index (κ1) is 24.1. The number of thioether (sulfide) groups is 1. The standard InChI is InChI=1S/C21H23BrCl2N2O2S/c1-3-25-21(28)14(2)26(11-15-6-4-7-16(22)10-15)20(27)13-29-12-17-18(23)8-5-9-19(17)24/h4-10,14H,3,11-13H2,1-2H3,(H,25,28). The summed E-state index contributed by atoms with van der Waals surface area (Å²) in [5, 5.41) is 3.96. The second-order valence-electron chi connectivity index (χ2n) is 6.42. The molecule has 0 spiro atoms. The minimum Gasteiger partial charge on any atom is -0.355 e. The van der Waals surface area contributed by atoms with Gasteiger partial charge in [0.15, 0.2) is 0 Å². The van der Waals surface area contributed by atoms with Crippen LogP contribution in [0.1, 0.15) is 25.0 Å². The van der Waals surface area contributed by atoms with Gasteiger partial charge in [-0.05, 0) is 49.2 Å². The van der Waals surface area contributed by atoms with Crippen LogP contribution in [0.3, 0.4) is 0 Å². The lowest BCUT2D eigenvalue weighted by Crippen LogP contribution is -2.48. The van der Waals surface area contributed by atoms with Crippen LogP contribution >= 0.6 is 50.9 Å². The Hall–Kier alpha value is -1.21. The van der Waals surface area contributed by atoms with Gasteiger partial charge in [-0.15, -0.1) is 11.8 Å². The van der Waals surface area contributed by atoms with E-state index in [1.54, 1.807) is 30.0 Å². The van der Waals surface area contributed by atoms with Crippen LogP contribution in [0.2, 0.25) is 10.0 Å². The van der Waals surface area contributed by atoms with Crippen molar-refractivity contribution in [1.29, 1.82) is 0 Å². The molecule has 156 valence electrons. The quantitative estimate of drug-likeness (QED) is 0.474. The SMILES string of the molecule is CCNC(=O)C(C)N(Cc1cccc(Br)c1)C(=O)CSCc1c(Cl)cccc1Cl. The van der Waals surface area contributed by atoms with Gasteiger partial charge in [0.25, 0.3) is 0 Å². The number of hydrogen-bond donors (Lipinski definition) is 1. The van der Waals surface area contributed by atoms with Gasteiger partial charge in [0.2, 0.25) is 11.8 Å². The lowest BCUT2D eigenvalue weighted by atomic mass is 10.1. The molecule has 0 saturated heterocycles. The average Bonchev–Trinajstić information content (AvgIpc) is 2.68. The number of amides is 2. The predicted molar refractivity (Wildman–Crippen MR) is 125 cm³/mol. The van der Waals surface area contributed by atoms with E-state index in [0.717, 1.165) is 15.6 Å². The van der Waals surface area contributed by atoms with Gasteiger partial charge in [0.1, 0.15) is 6.04 Å². The molecule has 4 nitrogen and oxygen atoms in total. The molecule has 0 radical (unpaired) electrons. The fourth-order valence-electron chi connectivity index (χ4n) is 2.73. The summed E-state index contributed by atoms with van der Waals surface area (Å²) in [6.07, 6.45) is 0. The third-order valence-corrected chi connectivity index (χ3v) is 6.44. The molecule has 2 amide bonds. The summed E-state index contributed by atoms with van der Waals surface area (Å²) in [5.74, 6) is 0.455. The summed E-state index contributed by atoms with van der Waals surface area (Å²) >= 11 is 17.3. The first-order valence-corrected chi connectivity index (χ1v) is 11.9. The van der Waals surface area contributed by atoms with Gasteiger partial charge < -0.3 is 10.2 Å². The molecule has 2 rings (SSSR count). The Kier molecular flexibility index (Phi) is 9.83. The number of benzene rings is 2. The van der Waals surface area contributed by atoms with Crippen molar-refractivity contribution >= 4 is 62.7 Å². The van der Waals surface area contributed by atoms with E-state index in [2.05, 4.69) is 21.2 Å². The summed E-state index contributed by atoms with van der Waals surface area (Å²) in [7, 11) is 0. The molecule has 0 aliphatic rings. The molecule has 0 saturated carbocycles. The Morgan fingerprint density at radius 1 is 1.17 bits per heavy atom. The molecule has 8 heteroatoms. The van der Waals surface area contributed by atoms with E-state index in [9.17, 15) is 9.59 Å². The van der Waals surface area contributed by atoms with E-state index in [1.165, 1.54) is 11.8 Å². The Labute approximate surface area is 194 Å². The van der Waals surface area contributed by atoms with E-state index >= 15 is 0 Å². The highest BCUT2D eigenvalue weighted by Gasteiger charge is 2.25. The van der Waals surface area contributed by atoms with Gasteiger partial charge in [-0.2, -0.15) is 0 Å². The molecule has 1 unspecified atom stereocenters. The molecule has 0 aliphatic heterocycles. The van der Waals surface area contributed by atoms with Gasteiger partial charge in [-0.1, -0.05) is 57.3 Å². The fourth-order valence-corrected chi connectivity index (χ4v) is 4.82. The van der Waals surface area contributed by atoms with Gasteiger partial charge in [-0.25, -0.2) is 0 Å². The maximum absolute atomic E-state index is 13.0. The summed E-state index contributed by atoms with van der Waals surface area (Å²) in [6.45, 7) is 4.47. The van der Waals surface area contributed by atoms with E-state index in [1.807, 2.05) is 31.2 Å². The highest BCUT2D eigenvalue weighted by atomic mass is 79.9. The number of nitrogens with one attached hydrogen (secondary N) is 1. The van der Waals surface area contributed by atoms with Crippen LogP contribution in [0.15, 0.2) is 46.9 Å². The lowest BCUT2D eigenvalue weighted by Gasteiger charge is -2.28. The summed E-state index contributed by atoms with van der Waals surface area (Å²) < 4.78 is 0.927. The Bertz CT molecular complexity index is 846. The monoisotopic (exact) mass is 516 g/mol. The van der Waals surface area contributed by atoms with Crippen molar-refractivity contribution in [3.63, 3.8) is 0 Å². The minimum absolute atomic E-state index is 0.114. The molecule has 0 heterocycles. The van der Waals surface area contributed by atoms with Crippen molar-refractivity contribution in [1.82, 2.24) is 10.2 Å². The molecule has 0 fully saturated rings. The maximum Gasteiger partial charge on any atom is 0.242 e. The smallest absolute Gasteiger partial charge is 0.242 e. The fraction of sp³-hybridized carbons (Fsp3) is 0.333. The van der Waals surface area contributed by atoms with Gasteiger partial charge >= 0.3 is 0 Å². The van der Waals surface area contributed by atoms with Crippen LogP contribution in [-0.2, 0) is 21.9 Å². The van der Waals surface area contributed by atoms with Crippen molar-refractivity contribution in [3.05, 3.63) is 68.1 Å². The van der Waals surface area contributed by atoms with Crippen molar-refractivity contribution < 1.29 is 9.59 Å². The summed E-state index contributed by atoms with van der Waals surface area (Å²) in [4.78, 5) is 27.0. The number of carbonyl (C=O) groups is 2. The van der Waals surface area contributed by atoms with Crippen LogP contribution in [0.25, 0.3) is 0 Å². The van der Waals surface area contributed by atoms with E-state index in [0.29, 0.717) is 28.9 Å². The second kappa shape index (κ2) is 11.8. The first-order chi connectivity index (χ1) is 13.8.